The van der Waals surface area contributed by atoms with Gasteiger partial charge in [0, 0.05) is 31.8 Å². The molecule has 1 fully saturated rings. The third-order valence-electron chi connectivity index (χ3n) is 5.24. The minimum Gasteiger partial charge on any atom is -0.384 e. The van der Waals surface area contributed by atoms with E-state index in [1.165, 1.54) is 30.7 Å². The third kappa shape index (κ3) is 3.65. The van der Waals surface area contributed by atoms with Crippen LogP contribution in [0.4, 0.5) is 4.39 Å². The van der Waals surface area contributed by atoms with Gasteiger partial charge in [-0.05, 0) is 36.5 Å². The first-order valence-corrected chi connectivity index (χ1v) is 9.19. The number of imidazole rings is 1. The minimum absolute atomic E-state index is 0.000837. The number of carbonyl (C=O) groups excluding carboxylic acids is 1. The van der Waals surface area contributed by atoms with Crippen molar-refractivity contribution in [3.63, 3.8) is 0 Å². The Morgan fingerprint density at radius 1 is 1.38 bits per heavy atom. The van der Waals surface area contributed by atoms with Crippen LogP contribution in [0.3, 0.4) is 0 Å². The molecule has 26 heavy (non-hydrogen) atoms. The molecule has 0 unspecified atom stereocenters. The number of carbonyl (C=O) groups is 1. The molecule has 1 aromatic carbocycles. The standard InChI is InChI=1S/C20H24FN3O2/c1-26-12-16-10-23(19(25)8-15-3-2-4-17(21)7-15)11-18-20(16)24(13-22-18)9-14-5-6-14/h2-4,7,13-14,16H,5-6,8-12H2,1H3/t16-/m1/s1. The number of amides is 1. The van der Waals surface area contributed by atoms with Crippen LogP contribution in [-0.2, 0) is 29.0 Å². The second kappa shape index (κ2) is 7.19. The summed E-state index contributed by atoms with van der Waals surface area (Å²) in [5.41, 5.74) is 2.88. The molecule has 0 bridgehead atoms. The van der Waals surface area contributed by atoms with Gasteiger partial charge in [-0.3, -0.25) is 4.79 Å². The summed E-state index contributed by atoms with van der Waals surface area (Å²) >= 11 is 0. The number of hydrogen-bond acceptors (Lipinski definition) is 3. The van der Waals surface area contributed by atoms with Gasteiger partial charge in [0.25, 0.3) is 0 Å². The smallest absolute Gasteiger partial charge is 0.227 e. The van der Waals surface area contributed by atoms with Crippen molar-refractivity contribution in [1.82, 2.24) is 14.5 Å². The number of nitrogens with zero attached hydrogens (tertiary/aromatic N) is 3. The molecular formula is C20H24FN3O2. The lowest BCUT2D eigenvalue weighted by molar-refractivity contribution is -0.132. The highest BCUT2D eigenvalue weighted by Gasteiger charge is 2.33. The van der Waals surface area contributed by atoms with Gasteiger partial charge in [-0.2, -0.15) is 0 Å². The summed E-state index contributed by atoms with van der Waals surface area (Å²) in [6.07, 6.45) is 4.70. The highest BCUT2D eigenvalue weighted by Crippen LogP contribution is 2.34. The summed E-state index contributed by atoms with van der Waals surface area (Å²) in [4.78, 5) is 19.2. The molecule has 1 amide bonds. The molecule has 4 rings (SSSR count). The molecule has 1 aromatic heterocycles. The predicted octanol–water partition coefficient (Wildman–Crippen LogP) is 2.75. The molecule has 138 valence electrons. The van der Waals surface area contributed by atoms with Crippen molar-refractivity contribution >= 4 is 5.91 Å². The van der Waals surface area contributed by atoms with Gasteiger partial charge in [0.2, 0.25) is 5.91 Å². The lowest BCUT2D eigenvalue weighted by Crippen LogP contribution is -2.41. The second-order valence-corrected chi connectivity index (χ2v) is 7.41. The Labute approximate surface area is 152 Å². The van der Waals surface area contributed by atoms with Crippen molar-refractivity contribution in [2.75, 3.05) is 20.3 Å². The maximum Gasteiger partial charge on any atom is 0.227 e. The number of hydrogen-bond donors (Lipinski definition) is 0. The van der Waals surface area contributed by atoms with Crippen molar-refractivity contribution in [1.29, 1.82) is 0 Å². The van der Waals surface area contributed by atoms with Crippen LogP contribution in [0.1, 0.15) is 35.7 Å². The van der Waals surface area contributed by atoms with E-state index in [1.54, 1.807) is 19.2 Å². The van der Waals surface area contributed by atoms with Crippen molar-refractivity contribution in [2.24, 2.45) is 5.92 Å². The Hall–Kier alpha value is -2.21. The molecule has 5 nitrogen and oxygen atoms in total. The molecule has 1 aliphatic heterocycles. The molecular weight excluding hydrogens is 333 g/mol. The topological polar surface area (TPSA) is 47.4 Å². The zero-order chi connectivity index (χ0) is 18.1. The van der Waals surface area contributed by atoms with Crippen molar-refractivity contribution in [2.45, 2.75) is 38.3 Å². The number of methoxy groups -OCH3 is 1. The van der Waals surface area contributed by atoms with Crippen LogP contribution in [0.2, 0.25) is 0 Å². The van der Waals surface area contributed by atoms with Crippen LogP contribution >= 0.6 is 0 Å². The fourth-order valence-corrected chi connectivity index (χ4v) is 3.80. The SMILES string of the molecule is COC[C@H]1CN(C(=O)Cc2cccc(F)c2)Cc2ncn(CC3CC3)c21. The molecule has 2 aromatic rings. The predicted molar refractivity (Wildman–Crippen MR) is 95.1 cm³/mol. The fourth-order valence-electron chi connectivity index (χ4n) is 3.80. The molecule has 1 saturated carbocycles. The summed E-state index contributed by atoms with van der Waals surface area (Å²) in [5, 5.41) is 0. The minimum atomic E-state index is -0.313. The van der Waals surface area contributed by atoms with Gasteiger partial charge >= 0.3 is 0 Å². The van der Waals surface area contributed by atoms with E-state index in [1.807, 2.05) is 11.2 Å². The van der Waals surface area contributed by atoms with Gasteiger partial charge < -0.3 is 14.2 Å². The van der Waals surface area contributed by atoms with E-state index in [0.717, 1.165) is 18.2 Å². The van der Waals surface area contributed by atoms with Gasteiger partial charge in [0.15, 0.2) is 0 Å². The summed E-state index contributed by atoms with van der Waals surface area (Å²) < 4.78 is 21.0. The quantitative estimate of drug-likeness (QED) is 0.799. The Bertz CT molecular complexity index is 800. The van der Waals surface area contributed by atoms with Crippen LogP contribution in [0.15, 0.2) is 30.6 Å². The average Bonchev–Trinajstić information content (AvgIpc) is 3.34. The number of ether oxygens (including phenoxy) is 1. The summed E-state index contributed by atoms with van der Waals surface area (Å²) in [6, 6.07) is 6.24. The van der Waals surface area contributed by atoms with Crippen LogP contribution in [-0.4, -0.2) is 40.6 Å². The average molecular weight is 357 g/mol. The van der Waals surface area contributed by atoms with Gasteiger partial charge in [-0.1, -0.05) is 12.1 Å². The zero-order valence-corrected chi connectivity index (χ0v) is 15.0. The molecule has 0 spiro atoms. The molecule has 2 heterocycles. The van der Waals surface area contributed by atoms with E-state index in [-0.39, 0.29) is 24.1 Å². The number of halogens is 1. The highest BCUT2D eigenvalue weighted by atomic mass is 19.1. The maximum absolute atomic E-state index is 13.4. The van der Waals surface area contributed by atoms with E-state index in [0.29, 0.717) is 25.3 Å². The first-order chi connectivity index (χ1) is 12.6. The number of fused-ring (bicyclic) bond motifs is 1. The largest absolute Gasteiger partial charge is 0.384 e. The number of rotatable bonds is 6. The number of aromatic nitrogens is 2. The van der Waals surface area contributed by atoms with Crippen LogP contribution in [0, 0.1) is 11.7 Å². The van der Waals surface area contributed by atoms with Crippen molar-refractivity contribution in [3.8, 4) is 0 Å². The van der Waals surface area contributed by atoms with E-state index >= 15 is 0 Å². The second-order valence-electron chi connectivity index (χ2n) is 7.41. The fraction of sp³-hybridized carbons (Fsp3) is 0.500. The Morgan fingerprint density at radius 2 is 2.23 bits per heavy atom. The third-order valence-corrected chi connectivity index (χ3v) is 5.24. The van der Waals surface area contributed by atoms with E-state index < -0.39 is 0 Å². The molecule has 0 N–H and O–H groups in total. The van der Waals surface area contributed by atoms with Gasteiger partial charge in [0.05, 0.1) is 31.6 Å². The normalized spacial score (nSPS) is 19.5. The summed E-state index contributed by atoms with van der Waals surface area (Å²) in [5.74, 6) is 0.581. The summed E-state index contributed by atoms with van der Waals surface area (Å²) in [6.45, 7) is 2.71. The van der Waals surface area contributed by atoms with Crippen molar-refractivity contribution < 1.29 is 13.9 Å². The molecule has 1 atom stereocenters. The van der Waals surface area contributed by atoms with Crippen LogP contribution in [0.5, 0.6) is 0 Å². The van der Waals surface area contributed by atoms with E-state index in [4.69, 9.17) is 4.74 Å². The lowest BCUT2D eigenvalue weighted by Gasteiger charge is -2.33. The maximum atomic E-state index is 13.4. The Balaban J connectivity index is 1.52. The van der Waals surface area contributed by atoms with E-state index in [2.05, 4.69) is 9.55 Å². The highest BCUT2D eigenvalue weighted by molar-refractivity contribution is 5.79. The first-order valence-electron chi connectivity index (χ1n) is 9.19. The molecule has 0 radical (unpaired) electrons. The zero-order valence-electron chi connectivity index (χ0n) is 15.0. The lowest BCUT2D eigenvalue weighted by atomic mass is 9.98. The molecule has 2 aliphatic rings. The van der Waals surface area contributed by atoms with Gasteiger partial charge in [-0.15, -0.1) is 0 Å². The van der Waals surface area contributed by atoms with Gasteiger partial charge in [-0.25, -0.2) is 9.37 Å². The monoisotopic (exact) mass is 357 g/mol. The molecule has 6 heteroatoms. The molecule has 1 aliphatic carbocycles. The summed E-state index contributed by atoms with van der Waals surface area (Å²) in [7, 11) is 1.69. The first kappa shape index (κ1) is 17.2. The molecule has 0 saturated heterocycles. The van der Waals surface area contributed by atoms with Crippen molar-refractivity contribution in [3.05, 3.63) is 53.4 Å². The van der Waals surface area contributed by atoms with Crippen LogP contribution < -0.4 is 0 Å². The number of benzene rings is 1. The van der Waals surface area contributed by atoms with E-state index in [9.17, 15) is 9.18 Å². The Kier molecular flexibility index (Phi) is 4.76. The van der Waals surface area contributed by atoms with Crippen LogP contribution in [0.25, 0.3) is 0 Å². The Morgan fingerprint density at radius 3 is 2.96 bits per heavy atom. The van der Waals surface area contributed by atoms with Gasteiger partial charge in [0.1, 0.15) is 5.82 Å².